The molecule has 0 saturated carbocycles. The normalized spacial score (nSPS) is 12.1. The van der Waals surface area contributed by atoms with Crippen LogP contribution >= 0.6 is 0 Å². The molecule has 1 N–H and O–H groups in total. The van der Waals surface area contributed by atoms with Gasteiger partial charge in [-0.2, -0.15) is 0 Å². The van der Waals surface area contributed by atoms with E-state index in [1.54, 1.807) is 24.3 Å². The number of sulfonamides is 1. The van der Waals surface area contributed by atoms with E-state index in [1.807, 2.05) is 51.1 Å². The second kappa shape index (κ2) is 13.9. The summed E-state index contributed by atoms with van der Waals surface area (Å²) in [4.78, 5) is 28.8. The molecule has 8 nitrogen and oxygen atoms in total. The van der Waals surface area contributed by atoms with Crippen LogP contribution in [0.15, 0.2) is 78.9 Å². The molecule has 214 valence electrons. The first-order valence-corrected chi connectivity index (χ1v) is 14.9. The molecule has 0 fully saturated rings. The fraction of sp³-hybridized carbons (Fsp3) is 0.333. The van der Waals surface area contributed by atoms with E-state index >= 15 is 0 Å². The third-order valence-corrected chi connectivity index (χ3v) is 7.22. The highest BCUT2D eigenvalue weighted by molar-refractivity contribution is 7.92. The van der Waals surface area contributed by atoms with Crippen molar-refractivity contribution in [2.24, 2.45) is 0 Å². The Morgan fingerprint density at radius 3 is 2.10 bits per heavy atom. The van der Waals surface area contributed by atoms with Crippen LogP contribution in [-0.4, -0.2) is 56.6 Å². The summed E-state index contributed by atoms with van der Waals surface area (Å²) >= 11 is 0. The Bertz CT molecular complexity index is 1360. The average Bonchev–Trinajstić information content (AvgIpc) is 2.90. The number of nitrogens with one attached hydrogen (secondary N) is 1. The zero-order valence-corrected chi connectivity index (χ0v) is 24.0. The van der Waals surface area contributed by atoms with Gasteiger partial charge in [0, 0.05) is 19.0 Å². The molecular weight excluding hydrogens is 533 g/mol. The minimum absolute atomic E-state index is 0.0248. The van der Waals surface area contributed by atoms with E-state index in [2.05, 4.69) is 5.32 Å². The highest BCUT2D eigenvalue weighted by atomic mass is 32.2. The lowest BCUT2D eigenvalue weighted by molar-refractivity contribution is -0.140. The van der Waals surface area contributed by atoms with Crippen LogP contribution < -0.4 is 14.4 Å². The molecule has 0 saturated heterocycles. The van der Waals surface area contributed by atoms with Crippen molar-refractivity contribution in [2.75, 3.05) is 23.7 Å². The summed E-state index contributed by atoms with van der Waals surface area (Å²) in [5.41, 5.74) is 1.71. The Kier molecular flexibility index (Phi) is 10.7. The number of carbonyl (C=O) groups excluding carboxylic acids is 2. The van der Waals surface area contributed by atoms with Crippen molar-refractivity contribution < 1.29 is 27.1 Å². The van der Waals surface area contributed by atoms with Gasteiger partial charge in [0.25, 0.3) is 0 Å². The van der Waals surface area contributed by atoms with E-state index in [0.717, 1.165) is 16.1 Å². The Morgan fingerprint density at radius 2 is 1.55 bits per heavy atom. The minimum Gasteiger partial charge on any atom is -0.494 e. The molecule has 10 heteroatoms. The maximum Gasteiger partial charge on any atom is 0.244 e. The van der Waals surface area contributed by atoms with Crippen molar-refractivity contribution in [3.05, 3.63) is 95.8 Å². The molecule has 1 atom stereocenters. The Balaban J connectivity index is 2.02. The maximum atomic E-state index is 14.0. The van der Waals surface area contributed by atoms with Gasteiger partial charge in [-0.15, -0.1) is 0 Å². The van der Waals surface area contributed by atoms with E-state index in [1.165, 1.54) is 29.2 Å². The average molecular weight is 570 g/mol. The van der Waals surface area contributed by atoms with Gasteiger partial charge in [0.1, 0.15) is 24.2 Å². The molecular formula is C30H36FN3O5S. The molecule has 3 rings (SSSR count). The molecule has 40 heavy (non-hydrogen) atoms. The van der Waals surface area contributed by atoms with Gasteiger partial charge in [-0.25, -0.2) is 12.8 Å². The molecule has 2 amide bonds. The maximum absolute atomic E-state index is 14.0. The Labute approximate surface area is 235 Å². The first kappa shape index (κ1) is 30.6. The first-order chi connectivity index (χ1) is 19.0. The topological polar surface area (TPSA) is 96.0 Å². The number of anilines is 1. The van der Waals surface area contributed by atoms with E-state index in [0.29, 0.717) is 17.9 Å². The van der Waals surface area contributed by atoms with E-state index < -0.39 is 34.3 Å². The predicted octanol–water partition coefficient (Wildman–Crippen LogP) is 4.16. The van der Waals surface area contributed by atoms with E-state index in [4.69, 9.17) is 4.74 Å². The number of ether oxygens (including phenoxy) is 1. The van der Waals surface area contributed by atoms with Crippen LogP contribution in [0.4, 0.5) is 10.1 Å². The number of carbonyl (C=O) groups is 2. The van der Waals surface area contributed by atoms with E-state index in [9.17, 15) is 22.4 Å². The second-order valence-electron chi connectivity index (χ2n) is 9.71. The lowest BCUT2D eigenvalue weighted by Crippen LogP contribution is -2.54. The number of halogens is 1. The molecule has 0 aliphatic rings. The molecule has 3 aromatic rings. The second-order valence-corrected chi connectivity index (χ2v) is 11.6. The standard InChI is InChI=1S/C30H36FN3O5S/c1-5-39-27-17-15-26(16-18-27)34(40(4,37)38)21-29(35)33(20-24-11-13-25(31)14-12-24)28(30(36)32-22(2)3)19-23-9-7-6-8-10-23/h6-18,22,28H,5,19-21H2,1-4H3,(H,32,36)/t28-/m1/s1. The molecule has 0 aromatic heterocycles. The van der Waals surface area contributed by atoms with Crippen molar-refractivity contribution in [1.82, 2.24) is 10.2 Å². The smallest absolute Gasteiger partial charge is 0.244 e. The van der Waals surface area contributed by atoms with Gasteiger partial charge in [0.05, 0.1) is 18.6 Å². The third kappa shape index (κ3) is 8.81. The number of hydrogen-bond donors (Lipinski definition) is 1. The quantitative estimate of drug-likeness (QED) is 0.334. The Morgan fingerprint density at radius 1 is 0.925 bits per heavy atom. The van der Waals surface area contributed by atoms with Crippen LogP contribution in [0.2, 0.25) is 0 Å². The van der Waals surface area contributed by atoms with E-state index in [-0.39, 0.29) is 30.6 Å². The lowest BCUT2D eigenvalue weighted by atomic mass is 10.0. The number of amides is 2. The summed E-state index contributed by atoms with van der Waals surface area (Å²) in [5.74, 6) is -0.819. The fourth-order valence-corrected chi connectivity index (χ4v) is 5.06. The van der Waals surface area contributed by atoms with Crippen LogP contribution in [0.3, 0.4) is 0 Å². The number of rotatable bonds is 13. The zero-order chi connectivity index (χ0) is 29.3. The molecule has 0 aliphatic heterocycles. The number of nitrogens with zero attached hydrogens (tertiary/aromatic N) is 2. The molecule has 0 bridgehead atoms. The number of hydrogen-bond acceptors (Lipinski definition) is 5. The summed E-state index contributed by atoms with van der Waals surface area (Å²) in [7, 11) is -3.88. The molecule has 0 radical (unpaired) electrons. The van der Waals surface area contributed by atoms with Crippen molar-refractivity contribution >= 4 is 27.5 Å². The largest absolute Gasteiger partial charge is 0.494 e. The summed E-state index contributed by atoms with van der Waals surface area (Å²) in [6, 6.07) is 20.1. The monoisotopic (exact) mass is 569 g/mol. The summed E-state index contributed by atoms with van der Waals surface area (Å²) in [6.07, 6.45) is 1.22. The molecule has 0 heterocycles. The summed E-state index contributed by atoms with van der Waals surface area (Å²) in [5, 5.41) is 2.89. The highest BCUT2D eigenvalue weighted by Crippen LogP contribution is 2.23. The minimum atomic E-state index is -3.88. The summed E-state index contributed by atoms with van der Waals surface area (Å²) < 4.78 is 45.8. The molecule has 0 aliphatic carbocycles. The van der Waals surface area contributed by atoms with Crippen molar-refractivity contribution in [3.63, 3.8) is 0 Å². The molecule has 0 unspecified atom stereocenters. The van der Waals surface area contributed by atoms with Gasteiger partial charge >= 0.3 is 0 Å². The van der Waals surface area contributed by atoms with Crippen LogP contribution in [0.5, 0.6) is 5.75 Å². The first-order valence-electron chi connectivity index (χ1n) is 13.1. The van der Waals surface area contributed by atoms with Gasteiger partial charge in [-0.1, -0.05) is 42.5 Å². The Hall–Kier alpha value is -3.92. The van der Waals surface area contributed by atoms with Crippen LogP contribution in [0, 0.1) is 5.82 Å². The molecule has 0 spiro atoms. The SMILES string of the molecule is CCOc1ccc(N(CC(=O)N(Cc2ccc(F)cc2)[C@H](Cc2ccccc2)C(=O)NC(C)C)S(C)(=O)=O)cc1. The van der Waals surface area contributed by atoms with Gasteiger partial charge in [-0.3, -0.25) is 13.9 Å². The highest BCUT2D eigenvalue weighted by Gasteiger charge is 2.33. The molecule has 3 aromatic carbocycles. The fourth-order valence-electron chi connectivity index (χ4n) is 4.21. The van der Waals surface area contributed by atoms with Crippen LogP contribution in [-0.2, 0) is 32.6 Å². The van der Waals surface area contributed by atoms with Crippen molar-refractivity contribution in [3.8, 4) is 5.75 Å². The van der Waals surface area contributed by atoms with Crippen molar-refractivity contribution in [1.29, 1.82) is 0 Å². The van der Waals surface area contributed by atoms with Gasteiger partial charge in [0.15, 0.2) is 0 Å². The van der Waals surface area contributed by atoms with Gasteiger partial charge in [0.2, 0.25) is 21.8 Å². The number of benzene rings is 3. The zero-order valence-electron chi connectivity index (χ0n) is 23.2. The lowest BCUT2D eigenvalue weighted by Gasteiger charge is -2.34. The predicted molar refractivity (Wildman–Crippen MR) is 154 cm³/mol. The van der Waals surface area contributed by atoms with Crippen LogP contribution in [0.25, 0.3) is 0 Å². The van der Waals surface area contributed by atoms with Crippen LogP contribution in [0.1, 0.15) is 31.9 Å². The van der Waals surface area contributed by atoms with Gasteiger partial charge in [-0.05, 0) is 68.3 Å². The van der Waals surface area contributed by atoms with Gasteiger partial charge < -0.3 is 15.0 Å². The summed E-state index contributed by atoms with van der Waals surface area (Å²) in [6.45, 7) is 5.37. The third-order valence-electron chi connectivity index (χ3n) is 6.08. The van der Waals surface area contributed by atoms with Crippen molar-refractivity contribution in [2.45, 2.75) is 45.8 Å².